The molecule has 0 spiro atoms. The Kier molecular flexibility index (Phi) is 3.82. The van der Waals surface area contributed by atoms with Crippen LogP contribution >= 0.6 is 0 Å². The van der Waals surface area contributed by atoms with Gasteiger partial charge in [0.05, 0.1) is 0 Å². The Morgan fingerprint density at radius 2 is 1.70 bits per heavy atom. The lowest BCUT2D eigenvalue weighted by Crippen LogP contribution is -2.12. The summed E-state index contributed by atoms with van der Waals surface area (Å²) in [5, 5.41) is 2.35. The second-order valence-corrected chi connectivity index (χ2v) is 3.82. The fourth-order valence-electron chi connectivity index (χ4n) is 1.47. The van der Waals surface area contributed by atoms with Crippen molar-refractivity contribution in [2.75, 3.05) is 5.32 Å². The van der Waals surface area contributed by atoms with Gasteiger partial charge in [-0.3, -0.25) is 0 Å². The van der Waals surface area contributed by atoms with Crippen LogP contribution in [0, 0.1) is 11.6 Å². The van der Waals surface area contributed by atoms with Gasteiger partial charge in [0, 0.05) is 18.3 Å². The fraction of sp³-hybridized carbons (Fsp3) is 0.167. The van der Waals surface area contributed by atoms with Gasteiger partial charge >= 0.3 is 6.18 Å². The molecule has 1 aromatic heterocycles. The quantitative estimate of drug-likeness (QED) is 0.880. The number of nitrogens with zero attached hydrogens (tertiary/aromatic N) is 2. The van der Waals surface area contributed by atoms with Gasteiger partial charge in [-0.2, -0.15) is 13.2 Å². The van der Waals surface area contributed by atoms with Crippen molar-refractivity contribution in [3.63, 3.8) is 0 Å². The van der Waals surface area contributed by atoms with E-state index < -0.39 is 23.5 Å². The molecule has 0 saturated carbocycles. The Hall–Kier alpha value is -2.25. The molecule has 8 heteroatoms. The standard InChI is InChI=1S/C12H8F5N3/c13-8-2-1-3-9(14)7(8)6-19-11-18-5-4-10(20-11)12(15,16)17/h1-5H,6H2,(H,18,19,20). The van der Waals surface area contributed by atoms with Crippen LogP contribution in [0.25, 0.3) is 0 Å². The number of hydrogen-bond acceptors (Lipinski definition) is 3. The molecule has 1 aromatic carbocycles. The van der Waals surface area contributed by atoms with Crippen LogP contribution in [0.5, 0.6) is 0 Å². The molecule has 106 valence electrons. The van der Waals surface area contributed by atoms with Crippen molar-refractivity contribution < 1.29 is 22.0 Å². The van der Waals surface area contributed by atoms with E-state index in [-0.39, 0.29) is 18.1 Å². The monoisotopic (exact) mass is 289 g/mol. The molecule has 1 heterocycles. The Balaban J connectivity index is 2.16. The minimum absolute atomic E-state index is 0.298. The third-order valence-corrected chi connectivity index (χ3v) is 2.43. The molecule has 1 N–H and O–H groups in total. The van der Waals surface area contributed by atoms with Crippen LogP contribution in [0.2, 0.25) is 0 Å². The topological polar surface area (TPSA) is 37.8 Å². The van der Waals surface area contributed by atoms with Crippen LogP contribution in [0.15, 0.2) is 30.5 Å². The molecule has 0 radical (unpaired) electrons. The van der Waals surface area contributed by atoms with Crippen molar-refractivity contribution in [3.05, 3.63) is 53.4 Å². The van der Waals surface area contributed by atoms with Crippen LogP contribution < -0.4 is 5.32 Å². The maximum atomic E-state index is 13.3. The average Bonchev–Trinajstić information content (AvgIpc) is 2.37. The predicted octanol–water partition coefficient (Wildman–Crippen LogP) is 3.39. The molecule has 3 nitrogen and oxygen atoms in total. The maximum absolute atomic E-state index is 13.3. The summed E-state index contributed by atoms with van der Waals surface area (Å²) in [4.78, 5) is 6.79. The molecule has 2 rings (SSSR count). The maximum Gasteiger partial charge on any atom is 0.433 e. The molecule has 0 amide bonds. The first-order chi connectivity index (χ1) is 9.38. The van der Waals surface area contributed by atoms with Crippen molar-refractivity contribution in [2.24, 2.45) is 0 Å². The summed E-state index contributed by atoms with van der Waals surface area (Å²) in [6.07, 6.45) is -3.70. The first kappa shape index (κ1) is 14.2. The zero-order valence-corrected chi connectivity index (χ0v) is 9.88. The van der Waals surface area contributed by atoms with Gasteiger partial charge in [0.2, 0.25) is 5.95 Å². The summed E-state index contributed by atoms with van der Waals surface area (Å²) >= 11 is 0. The van der Waals surface area contributed by atoms with Crippen LogP contribution in [0.4, 0.5) is 27.9 Å². The minimum atomic E-state index is -4.61. The highest BCUT2D eigenvalue weighted by atomic mass is 19.4. The normalized spacial score (nSPS) is 11.4. The zero-order chi connectivity index (χ0) is 14.8. The van der Waals surface area contributed by atoms with E-state index >= 15 is 0 Å². The zero-order valence-electron chi connectivity index (χ0n) is 9.88. The van der Waals surface area contributed by atoms with Crippen molar-refractivity contribution in [1.29, 1.82) is 0 Å². The first-order valence-electron chi connectivity index (χ1n) is 5.45. The van der Waals surface area contributed by atoms with Crippen LogP contribution in [-0.2, 0) is 12.7 Å². The molecule has 0 unspecified atom stereocenters. The number of halogens is 5. The first-order valence-corrected chi connectivity index (χ1v) is 5.45. The largest absolute Gasteiger partial charge is 0.433 e. The molecule has 0 aliphatic carbocycles. The van der Waals surface area contributed by atoms with E-state index in [0.29, 0.717) is 6.07 Å². The van der Waals surface area contributed by atoms with Gasteiger partial charge in [0.25, 0.3) is 0 Å². The van der Waals surface area contributed by atoms with Gasteiger partial charge in [-0.25, -0.2) is 18.7 Å². The molecule has 0 fully saturated rings. The van der Waals surface area contributed by atoms with E-state index in [1.807, 2.05) is 0 Å². The van der Waals surface area contributed by atoms with E-state index in [2.05, 4.69) is 15.3 Å². The van der Waals surface area contributed by atoms with E-state index in [0.717, 1.165) is 18.3 Å². The van der Waals surface area contributed by atoms with E-state index in [1.54, 1.807) is 0 Å². The summed E-state index contributed by atoms with van der Waals surface area (Å²) in [6, 6.07) is 3.99. The Morgan fingerprint density at radius 3 is 2.30 bits per heavy atom. The lowest BCUT2D eigenvalue weighted by molar-refractivity contribution is -0.141. The summed E-state index contributed by atoms with van der Waals surface area (Å²) < 4.78 is 63.9. The second-order valence-electron chi connectivity index (χ2n) is 3.82. The average molecular weight is 289 g/mol. The number of hydrogen-bond donors (Lipinski definition) is 1. The van der Waals surface area contributed by atoms with Crippen LogP contribution in [0.3, 0.4) is 0 Å². The molecule has 0 aliphatic rings. The highest BCUT2D eigenvalue weighted by Gasteiger charge is 2.32. The summed E-state index contributed by atoms with van der Waals surface area (Å²) in [6.45, 7) is -0.361. The van der Waals surface area contributed by atoms with E-state index in [9.17, 15) is 22.0 Å². The number of nitrogens with one attached hydrogen (secondary N) is 1. The summed E-state index contributed by atoms with van der Waals surface area (Å²) in [5.74, 6) is -1.96. The lowest BCUT2D eigenvalue weighted by Gasteiger charge is -2.09. The Labute approximate surface area is 110 Å². The highest BCUT2D eigenvalue weighted by molar-refractivity contribution is 5.30. The van der Waals surface area contributed by atoms with Crippen molar-refractivity contribution in [1.82, 2.24) is 9.97 Å². The molecule has 0 saturated heterocycles. The van der Waals surface area contributed by atoms with Crippen LogP contribution in [0.1, 0.15) is 11.3 Å². The number of rotatable bonds is 3. The highest BCUT2D eigenvalue weighted by Crippen LogP contribution is 2.27. The predicted molar refractivity (Wildman–Crippen MR) is 60.7 cm³/mol. The smallest absolute Gasteiger partial charge is 0.350 e. The SMILES string of the molecule is Fc1cccc(F)c1CNc1nccc(C(F)(F)F)n1. The van der Waals surface area contributed by atoms with E-state index in [4.69, 9.17) is 0 Å². The number of benzene rings is 1. The molecular weight excluding hydrogens is 281 g/mol. The van der Waals surface area contributed by atoms with Gasteiger partial charge in [0.15, 0.2) is 0 Å². The second kappa shape index (κ2) is 5.40. The van der Waals surface area contributed by atoms with E-state index in [1.165, 1.54) is 6.07 Å². The summed E-state index contributed by atoms with van der Waals surface area (Å²) in [5.41, 5.74) is -1.43. The number of alkyl halides is 3. The van der Waals surface area contributed by atoms with Crippen LogP contribution in [-0.4, -0.2) is 9.97 Å². The van der Waals surface area contributed by atoms with Crippen molar-refractivity contribution in [2.45, 2.75) is 12.7 Å². The Bertz CT molecular complexity index is 592. The molecular formula is C12H8F5N3. The fourth-order valence-corrected chi connectivity index (χ4v) is 1.47. The third-order valence-electron chi connectivity index (χ3n) is 2.43. The minimum Gasteiger partial charge on any atom is -0.350 e. The van der Waals surface area contributed by atoms with Gasteiger partial charge in [0.1, 0.15) is 17.3 Å². The van der Waals surface area contributed by atoms with Crippen molar-refractivity contribution in [3.8, 4) is 0 Å². The van der Waals surface area contributed by atoms with Gasteiger partial charge < -0.3 is 5.32 Å². The third kappa shape index (κ3) is 3.19. The molecule has 0 atom stereocenters. The lowest BCUT2D eigenvalue weighted by atomic mass is 10.2. The molecule has 2 aromatic rings. The van der Waals surface area contributed by atoms with Crippen molar-refractivity contribution >= 4 is 5.95 Å². The molecule has 0 aliphatic heterocycles. The Morgan fingerprint density at radius 1 is 1.05 bits per heavy atom. The molecule has 0 bridgehead atoms. The number of anilines is 1. The van der Waals surface area contributed by atoms with Gasteiger partial charge in [-0.05, 0) is 18.2 Å². The van der Waals surface area contributed by atoms with Gasteiger partial charge in [-0.15, -0.1) is 0 Å². The summed E-state index contributed by atoms with van der Waals surface area (Å²) in [7, 11) is 0. The molecule has 20 heavy (non-hydrogen) atoms. The number of aromatic nitrogens is 2. The van der Waals surface area contributed by atoms with Gasteiger partial charge in [-0.1, -0.05) is 6.07 Å².